The summed E-state index contributed by atoms with van der Waals surface area (Å²) in [6, 6.07) is 6.81. The van der Waals surface area contributed by atoms with E-state index in [1.54, 1.807) is 11.1 Å². The Bertz CT molecular complexity index is 697. The van der Waals surface area contributed by atoms with Crippen LogP contribution in [0, 0.1) is 23.2 Å². The van der Waals surface area contributed by atoms with Gasteiger partial charge >= 0.3 is 0 Å². The Balaban J connectivity index is 1.61. The summed E-state index contributed by atoms with van der Waals surface area (Å²) < 4.78 is 6.22. The highest BCUT2D eigenvalue weighted by Crippen LogP contribution is 2.58. The molecule has 1 heterocycles. The van der Waals surface area contributed by atoms with Gasteiger partial charge in [0.1, 0.15) is 5.75 Å². The molecule has 162 valence electrons. The maximum absolute atomic E-state index is 6.22. The van der Waals surface area contributed by atoms with Gasteiger partial charge in [0.2, 0.25) is 0 Å². The summed E-state index contributed by atoms with van der Waals surface area (Å²) in [5.41, 5.74) is 3.60. The topological polar surface area (TPSA) is 12.5 Å². The highest BCUT2D eigenvalue weighted by Gasteiger charge is 2.55. The Hall–Kier alpha value is -1.02. The molecule has 4 rings (SSSR count). The van der Waals surface area contributed by atoms with Gasteiger partial charge in [-0.1, -0.05) is 52.7 Å². The van der Waals surface area contributed by atoms with Crippen LogP contribution in [0.3, 0.4) is 0 Å². The molecule has 1 aliphatic heterocycles. The molecule has 0 bridgehead atoms. The lowest BCUT2D eigenvalue weighted by atomic mass is 9.49. The van der Waals surface area contributed by atoms with Crippen molar-refractivity contribution in [2.45, 2.75) is 85.0 Å². The Morgan fingerprint density at radius 3 is 2.55 bits per heavy atom. The van der Waals surface area contributed by atoms with E-state index < -0.39 is 0 Å². The van der Waals surface area contributed by atoms with Gasteiger partial charge in [0, 0.05) is 24.1 Å². The minimum absolute atomic E-state index is 0.240. The fourth-order valence-corrected chi connectivity index (χ4v) is 7.07. The van der Waals surface area contributed by atoms with Crippen LogP contribution in [-0.4, -0.2) is 31.1 Å². The van der Waals surface area contributed by atoms with Crippen LogP contribution in [0.4, 0.5) is 0 Å². The molecule has 0 radical (unpaired) electrons. The fraction of sp³-hybridized carbons (Fsp3) is 0.778. The number of aryl methyl sites for hydroxylation is 1. The Morgan fingerprint density at radius 1 is 1.10 bits per heavy atom. The van der Waals surface area contributed by atoms with Gasteiger partial charge < -0.3 is 9.64 Å². The van der Waals surface area contributed by atoms with Crippen molar-refractivity contribution < 1.29 is 4.74 Å². The van der Waals surface area contributed by atoms with Crippen LogP contribution in [0.5, 0.6) is 5.75 Å². The minimum Gasteiger partial charge on any atom is -0.494 e. The maximum atomic E-state index is 6.22. The predicted molar refractivity (Wildman–Crippen MR) is 123 cm³/mol. The van der Waals surface area contributed by atoms with Crippen LogP contribution in [-0.2, 0) is 11.8 Å². The molecule has 1 aromatic rings. The van der Waals surface area contributed by atoms with Crippen molar-refractivity contribution >= 4 is 0 Å². The first-order valence-electron chi connectivity index (χ1n) is 12.3. The molecule has 0 aromatic heterocycles. The zero-order valence-corrected chi connectivity index (χ0v) is 19.6. The number of nitrogens with zero attached hydrogens (tertiary/aromatic N) is 1. The van der Waals surface area contributed by atoms with Gasteiger partial charge in [-0.2, -0.15) is 0 Å². The highest BCUT2D eigenvalue weighted by atomic mass is 16.5. The van der Waals surface area contributed by atoms with E-state index in [1.165, 1.54) is 70.3 Å². The van der Waals surface area contributed by atoms with Crippen LogP contribution in [0.25, 0.3) is 0 Å². The van der Waals surface area contributed by atoms with Gasteiger partial charge in [-0.25, -0.2) is 0 Å². The van der Waals surface area contributed by atoms with Crippen LogP contribution in [0.15, 0.2) is 18.2 Å². The lowest BCUT2D eigenvalue weighted by Gasteiger charge is -2.58. The molecule has 2 fully saturated rings. The van der Waals surface area contributed by atoms with Crippen molar-refractivity contribution in [2.75, 3.05) is 26.2 Å². The van der Waals surface area contributed by atoms with E-state index in [-0.39, 0.29) is 10.8 Å². The van der Waals surface area contributed by atoms with Gasteiger partial charge in [-0.3, -0.25) is 0 Å². The third kappa shape index (κ3) is 3.87. The van der Waals surface area contributed by atoms with E-state index in [4.69, 9.17) is 4.74 Å². The quantitative estimate of drug-likeness (QED) is 0.578. The van der Waals surface area contributed by atoms with Crippen molar-refractivity contribution in [1.29, 1.82) is 0 Å². The van der Waals surface area contributed by atoms with Gasteiger partial charge in [-0.05, 0) is 80.4 Å². The molecule has 0 amide bonds. The summed E-state index contributed by atoms with van der Waals surface area (Å²) in [7, 11) is 0. The third-order valence-electron chi connectivity index (χ3n) is 8.61. The molecule has 0 spiro atoms. The molecule has 1 aromatic carbocycles. The number of ether oxygens (including phenoxy) is 1. The summed E-state index contributed by atoms with van der Waals surface area (Å²) >= 11 is 0. The van der Waals surface area contributed by atoms with Crippen LogP contribution < -0.4 is 4.74 Å². The van der Waals surface area contributed by atoms with Gasteiger partial charge in [0.25, 0.3) is 0 Å². The van der Waals surface area contributed by atoms with E-state index in [2.05, 4.69) is 57.7 Å². The summed E-state index contributed by atoms with van der Waals surface area (Å²) in [6.07, 6.45) is 9.61. The number of rotatable bonds is 4. The van der Waals surface area contributed by atoms with E-state index >= 15 is 0 Å². The zero-order chi connectivity index (χ0) is 20.6. The molecular weight excluding hydrogens is 354 g/mol. The monoisotopic (exact) mass is 397 g/mol. The third-order valence-corrected chi connectivity index (χ3v) is 8.61. The van der Waals surface area contributed by atoms with Crippen LogP contribution in [0.1, 0.15) is 84.3 Å². The van der Waals surface area contributed by atoms with E-state index in [0.717, 1.165) is 24.4 Å². The van der Waals surface area contributed by atoms with Gasteiger partial charge in [0.05, 0.1) is 6.61 Å². The summed E-state index contributed by atoms with van der Waals surface area (Å²) in [4.78, 5) is 2.84. The predicted octanol–water partition coefficient (Wildman–Crippen LogP) is 6.46. The van der Waals surface area contributed by atoms with Gasteiger partial charge in [0.15, 0.2) is 0 Å². The fourth-order valence-electron chi connectivity index (χ4n) is 7.07. The average molecular weight is 398 g/mol. The molecule has 2 unspecified atom stereocenters. The molecule has 29 heavy (non-hydrogen) atoms. The largest absolute Gasteiger partial charge is 0.494 e. The standard InChI is InChI=1S/C27H43NO/c1-6-29-24-9-7-8-22-14-15-23-19-28(18-21-12-10-20(2)11-13-21)17-16-27(23,25(22)24)26(3,4)5/h7-9,20-21,23H,6,10-19H2,1-5H3. The smallest absolute Gasteiger partial charge is 0.123 e. The maximum Gasteiger partial charge on any atom is 0.123 e. The number of hydrogen-bond acceptors (Lipinski definition) is 2. The SMILES string of the molecule is CCOc1cccc2c1C1(C(C)(C)C)CCN(CC3CCC(C)CC3)CC1CC2. The summed E-state index contributed by atoms with van der Waals surface area (Å²) in [5, 5.41) is 0. The highest BCUT2D eigenvalue weighted by molar-refractivity contribution is 5.50. The number of hydrogen-bond donors (Lipinski definition) is 0. The molecule has 2 atom stereocenters. The van der Waals surface area contributed by atoms with Crippen molar-refractivity contribution in [2.24, 2.45) is 23.2 Å². The second-order valence-electron chi connectivity index (χ2n) is 11.3. The zero-order valence-electron chi connectivity index (χ0n) is 19.6. The van der Waals surface area contributed by atoms with E-state index in [1.807, 2.05) is 0 Å². The molecule has 2 aliphatic carbocycles. The second-order valence-corrected chi connectivity index (χ2v) is 11.3. The molecule has 2 nitrogen and oxygen atoms in total. The average Bonchev–Trinajstić information content (AvgIpc) is 2.69. The van der Waals surface area contributed by atoms with Gasteiger partial charge in [-0.15, -0.1) is 0 Å². The molecular formula is C27H43NO. The summed E-state index contributed by atoms with van der Waals surface area (Å²) in [5.74, 6) is 3.79. The Labute approximate surface area is 179 Å². The molecule has 1 saturated carbocycles. The molecule has 0 N–H and O–H groups in total. The first kappa shape index (κ1) is 21.2. The lowest BCUT2D eigenvalue weighted by molar-refractivity contribution is -0.00636. The number of piperidine rings is 1. The molecule has 1 saturated heterocycles. The van der Waals surface area contributed by atoms with Crippen molar-refractivity contribution in [3.63, 3.8) is 0 Å². The Morgan fingerprint density at radius 2 is 1.86 bits per heavy atom. The molecule has 3 aliphatic rings. The van der Waals surface area contributed by atoms with Crippen LogP contribution >= 0.6 is 0 Å². The first-order valence-corrected chi connectivity index (χ1v) is 12.3. The molecule has 2 heteroatoms. The number of fused-ring (bicyclic) bond motifs is 3. The summed E-state index contributed by atoms with van der Waals surface area (Å²) in [6.45, 7) is 16.6. The Kier molecular flexibility index (Phi) is 6.04. The normalized spacial score (nSPS) is 33.1. The number of benzene rings is 1. The van der Waals surface area contributed by atoms with Crippen molar-refractivity contribution in [1.82, 2.24) is 4.90 Å². The van der Waals surface area contributed by atoms with Crippen molar-refractivity contribution in [3.8, 4) is 5.75 Å². The van der Waals surface area contributed by atoms with E-state index in [9.17, 15) is 0 Å². The van der Waals surface area contributed by atoms with Crippen LogP contribution in [0.2, 0.25) is 0 Å². The number of likely N-dealkylation sites (tertiary alicyclic amines) is 1. The second kappa shape index (κ2) is 8.25. The van der Waals surface area contributed by atoms with E-state index in [0.29, 0.717) is 0 Å². The first-order chi connectivity index (χ1) is 13.8. The minimum atomic E-state index is 0.240. The lowest BCUT2D eigenvalue weighted by Crippen LogP contribution is -2.58. The van der Waals surface area contributed by atoms with Crippen molar-refractivity contribution in [3.05, 3.63) is 29.3 Å².